The fourth-order valence-electron chi connectivity index (χ4n) is 4.28. The van der Waals surface area contributed by atoms with Gasteiger partial charge in [0.2, 0.25) is 0 Å². The fourth-order valence-corrected chi connectivity index (χ4v) is 4.28. The SMILES string of the molecule is Cn1cc2cc(NC(=O)c3coc(N4CC[C@H](NC(=O)OC(C)(C)C)C4)n3)c(C3CC3)cc2n1. The smallest absolute Gasteiger partial charge is 0.407 e. The molecular weight excluding hydrogens is 436 g/mol. The minimum Gasteiger partial charge on any atom is -0.444 e. The Hall–Kier alpha value is -3.56. The number of nitrogens with zero attached hydrogens (tertiary/aromatic N) is 4. The Bertz CT molecular complexity index is 1240. The molecule has 0 radical (unpaired) electrons. The van der Waals surface area contributed by atoms with Crippen molar-refractivity contribution in [2.45, 2.75) is 57.6 Å². The molecule has 10 nitrogen and oxygen atoms in total. The first-order valence-electron chi connectivity index (χ1n) is 11.6. The van der Waals surface area contributed by atoms with E-state index in [1.807, 2.05) is 45.0 Å². The number of carbonyl (C=O) groups excluding carboxylic acids is 2. The first-order valence-corrected chi connectivity index (χ1v) is 11.6. The second-order valence-corrected chi connectivity index (χ2v) is 10.1. The van der Waals surface area contributed by atoms with Crippen molar-refractivity contribution in [2.24, 2.45) is 7.05 Å². The number of nitrogens with one attached hydrogen (secondary N) is 2. The standard InChI is InChI=1S/C24H30N6O4/c1-24(2,3)34-23(32)25-16-7-8-30(12-16)22-27-20(13-33-22)21(31)26-19-9-15-11-29(4)28-18(15)10-17(19)14-5-6-14/h9-11,13-14,16H,5-8,12H2,1-4H3,(H,25,32)(H,26,31)/t16-/m0/s1. The molecule has 1 saturated carbocycles. The van der Waals surface area contributed by atoms with Gasteiger partial charge in [-0.1, -0.05) is 0 Å². The molecule has 2 fully saturated rings. The van der Waals surface area contributed by atoms with Crippen LogP contribution in [0.1, 0.15) is 62.0 Å². The van der Waals surface area contributed by atoms with Crippen molar-refractivity contribution >= 4 is 34.6 Å². The van der Waals surface area contributed by atoms with Crippen LogP contribution in [0.3, 0.4) is 0 Å². The predicted octanol–water partition coefficient (Wildman–Crippen LogP) is 3.79. The Morgan fingerprint density at radius 2 is 2.00 bits per heavy atom. The van der Waals surface area contributed by atoms with E-state index in [0.29, 0.717) is 25.0 Å². The van der Waals surface area contributed by atoms with Gasteiger partial charge in [-0.2, -0.15) is 10.1 Å². The zero-order valence-electron chi connectivity index (χ0n) is 19.9. The van der Waals surface area contributed by atoms with Crippen LogP contribution in [0.15, 0.2) is 29.0 Å². The summed E-state index contributed by atoms with van der Waals surface area (Å²) in [6.07, 6.45) is 5.83. The average molecular weight is 467 g/mol. The van der Waals surface area contributed by atoms with E-state index >= 15 is 0 Å². The lowest BCUT2D eigenvalue weighted by atomic mass is 10.1. The third-order valence-corrected chi connectivity index (χ3v) is 5.96. The molecule has 0 unspecified atom stereocenters. The van der Waals surface area contributed by atoms with Crippen LogP contribution >= 0.6 is 0 Å². The van der Waals surface area contributed by atoms with Crippen LogP contribution in [0.25, 0.3) is 10.9 Å². The number of carbonyl (C=O) groups is 2. The van der Waals surface area contributed by atoms with E-state index in [1.54, 1.807) is 4.68 Å². The molecule has 0 bridgehead atoms. The summed E-state index contributed by atoms with van der Waals surface area (Å²) in [5, 5.41) is 11.4. The normalized spacial score (nSPS) is 18.4. The van der Waals surface area contributed by atoms with Crippen molar-refractivity contribution in [3.8, 4) is 0 Å². The number of ether oxygens (including phenoxy) is 1. The van der Waals surface area contributed by atoms with Gasteiger partial charge in [0.05, 0.1) is 11.6 Å². The van der Waals surface area contributed by atoms with Gasteiger partial charge in [-0.3, -0.25) is 9.48 Å². The lowest BCUT2D eigenvalue weighted by Crippen LogP contribution is -2.40. The minimum absolute atomic E-state index is 0.0775. The average Bonchev–Trinajstić information content (AvgIpc) is 3.12. The summed E-state index contributed by atoms with van der Waals surface area (Å²) in [6.45, 7) is 6.68. The van der Waals surface area contributed by atoms with Crippen molar-refractivity contribution in [1.82, 2.24) is 20.1 Å². The van der Waals surface area contributed by atoms with E-state index < -0.39 is 11.7 Å². The lowest BCUT2D eigenvalue weighted by Gasteiger charge is -2.21. The van der Waals surface area contributed by atoms with Crippen LogP contribution in [-0.4, -0.2) is 51.5 Å². The highest BCUT2D eigenvalue weighted by Gasteiger charge is 2.30. The van der Waals surface area contributed by atoms with Gasteiger partial charge in [0, 0.05) is 37.4 Å². The number of rotatable bonds is 5. The Morgan fingerprint density at radius 3 is 2.74 bits per heavy atom. The summed E-state index contributed by atoms with van der Waals surface area (Å²) in [5.74, 6) is 0.136. The Morgan fingerprint density at radius 1 is 1.21 bits per heavy atom. The molecule has 1 saturated heterocycles. The largest absolute Gasteiger partial charge is 0.444 e. The van der Waals surface area contributed by atoms with Crippen LogP contribution in [-0.2, 0) is 11.8 Å². The van der Waals surface area contributed by atoms with Crippen LogP contribution in [0.4, 0.5) is 16.5 Å². The van der Waals surface area contributed by atoms with E-state index in [1.165, 1.54) is 6.26 Å². The first kappa shape index (κ1) is 22.2. The number of amides is 2. The van der Waals surface area contributed by atoms with E-state index in [-0.39, 0.29) is 17.6 Å². The summed E-state index contributed by atoms with van der Waals surface area (Å²) in [5.41, 5.74) is 2.49. The minimum atomic E-state index is -0.547. The number of aromatic nitrogens is 3. The highest BCUT2D eigenvalue weighted by atomic mass is 16.6. The maximum absolute atomic E-state index is 13.0. The molecule has 5 rings (SSSR count). The van der Waals surface area contributed by atoms with Gasteiger partial charge in [0.15, 0.2) is 5.69 Å². The maximum Gasteiger partial charge on any atom is 0.407 e. The van der Waals surface area contributed by atoms with Crippen LogP contribution < -0.4 is 15.5 Å². The molecule has 3 heterocycles. The molecule has 2 N–H and O–H groups in total. The number of hydrogen-bond donors (Lipinski definition) is 2. The number of aryl methyl sites for hydroxylation is 1. The van der Waals surface area contributed by atoms with Crippen molar-refractivity contribution in [2.75, 3.05) is 23.3 Å². The molecule has 1 aliphatic carbocycles. The molecule has 1 aliphatic heterocycles. The van der Waals surface area contributed by atoms with E-state index in [9.17, 15) is 9.59 Å². The molecular formula is C24H30N6O4. The number of oxazole rings is 1. The molecule has 180 valence electrons. The monoisotopic (exact) mass is 466 g/mol. The van der Waals surface area contributed by atoms with Crippen LogP contribution in [0.5, 0.6) is 0 Å². The Kier molecular flexibility index (Phi) is 5.45. The van der Waals surface area contributed by atoms with Crippen LogP contribution in [0, 0.1) is 0 Å². The highest BCUT2D eigenvalue weighted by molar-refractivity contribution is 6.04. The topological polar surface area (TPSA) is 115 Å². The zero-order chi connectivity index (χ0) is 24.0. The molecule has 34 heavy (non-hydrogen) atoms. The summed E-state index contributed by atoms with van der Waals surface area (Å²) in [4.78, 5) is 31.3. The van der Waals surface area contributed by atoms with Crippen molar-refractivity contribution in [1.29, 1.82) is 0 Å². The molecule has 0 spiro atoms. The summed E-state index contributed by atoms with van der Waals surface area (Å²) in [7, 11) is 1.89. The number of hydrogen-bond acceptors (Lipinski definition) is 7. The van der Waals surface area contributed by atoms with Crippen molar-refractivity contribution < 1.29 is 18.7 Å². The fraction of sp³-hybridized carbons (Fsp3) is 0.500. The second kappa shape index (κ2) is 8.34. The van der Waals surface area contributed by atoms with Crippen molar-refractivity contribution in [3.05, 3.63) is 35.9 Å². The number of alkyl carbamates (subject to hydrolysis) is 1. The molecule has 10 heteroatoms. The Labute approximate surface area is 197 Å². The second-order valence-electron chi connectivity index (χ2n) is 10.1. The summed E-state index contributed by atoms with van der Waals surface area (Å²) in [6, 6.07) is 4.33. The highest BCUT2D eigenvalue weighted by Crippen LogP contribution is 2.44. The van der Waals surface area contributed by atoms with Gasteiger partial charge in [0.25, 0.3) is 11.9 Å². The third kappa shape index (κ3) is 4.85. The van der Waals surface area contributed by atoms with E-state index in [2.05, 4.69) is 26.8 Å². The Balaban J connectivity index is 1.24. The molecule has 1 aromatic carbocycles. The van der Waals surface area contributed by atoms with E-state index in [0.717, 1.165) is 41.4 Å². The van der Waals surface area contributed by atoms with Crippen LogP contribution in [0.2, 0.25) is 0 Å². The zero-order valence-corrected chi connectivity index (χ0v) is 19.9. The number of fused-ring (bicyclic) bond motifs is 1. The van der Waals surface area contributed by atoms with Gasteiger partial charge in [-0.15, -0.1) is 0 Å². The van der Waals surface area contributed by atoms with Gasteiger partial charge in [0.1, 0.15) is 11.9 Å². The molecule has 2 amide bonds. The predicted molar refractivity (Wildman–Crippen MR) is 127 cm³/mol. The third-order valence-electron chi connectivity index (χ3n) is 5.96. The molecule has 2 aromatic heterocycles. The molecule has 1 atom stereocenters. The summed E-state index contributed by atoms with van der Waals surface area (Å²) >= 11 is 0. The lowest BCUT2D eigenvalue weighted by molar-refractivity contribution is 0.0508. The molecule has 2 aliphatic rings. The quantitative estimate of drug-likeness (QED) is 0.588. The van der Waals surface area contributed by atoms with Gasteiger partial charge >= 0.3 is 6.09 Å². The first-order chi connectivity index (χ1) is 16.1. The number of benzene rings is 1. The van der Waals surface area contributed by atoms with Gasteiger partial charge < -0.3 is 24.7 Å². The summed E-state index contributed by atoms with van der Waals surface area (Å²) < 4.78 is 12.7. The number of anilines is 2. The van der Waals surface area contributed by atoms with Gasteiger partial charge in [-0.25, -0.2) is 4.79 Å². The van der Waals surface area contributed by atoms with E-state index in [4.69, 9.17) is 9.15 Å². The maximum atomic E-state index is 13.0. The molecule has 3 aromatic rings. The van der Waals surface area contributed by atoms with Gasteiger partial charge in [-0.05, 0) is 63.6 Å². The van der Waals surface area contributed by atoms with Crippen molar-refractivity contribution in [3.63, 3.8) is 0 Å².